The van der Waals surface area contributed by atoms with Crippen LogP contribution >= 0.6 is 0 Å². The van der Waals surface area contributed by atoms with Crippen molar-refractivity contribution in [1.82, 2.24) is 15.2 Å². The fourth-order valence-electron chi connectivity index (χ4n) is 3.47. The molecule has 0 aliphatic carbocycles. The molecular weight excluding hydrogens is 328 g/mol. The van der Waals surface area contributed by atoms with Crippen LogP contribution in [-0.2, 0) is 4.74 Å². The summed E-state index contributed by atoms with van der Waals surface area (Å²) in [6.07, 6.45) is 4.41. The summed E-state index contributed by atoms with van der Waals surface area (Å²) in [5.41, 5.74) is 2.17. The van der Waals surface area contributed by atoms with Gasteiger partial charge in [0.05, 0.1) is 18.2 Å². The van der Waals surface area contributed by atoms with Gasteiger partial charge in [-0.05, 0) is 51.0 Å². The number of benzene rings is 1. The molecule has 2 aromatic heterocycles. The molecule has 0 radical (unpaired) electrons. The van der Waals surface area contributed by atoms with E-state index in [1.807, 2.05) is 25.1 Å². The number of fused-ring (bicyclic) bond motifs is 1. The highest BCUT2D eigenvalue weighted by atomic mass is 16.5. The number of rotatable bonds is 3. The van der Waals surface area contributed by atoms with E-state index in [1.54, 1.807) is 18.5 Å². The average Bonchev–Trinajstić information content (AvgIpc) is 2.94. The molecule has 1 aliphatic heterocycles. The van der Waals surface area contributed by atoms with Crippen molar-refractivity contribution in [3.05, 3.63) is 42.2 Å². The molecule has 6 heteroatoms. The number of aromatic nitrogens is 3. The summed E-state index contributed by atoms with van der Waals surface area (Å²) >= 11 is 0. The molecule has 26 heavy (non-hydrogen) atoms. The third-order valence-electron chi connectivity index (χ3n) is 4.74. The van der Waals surface area contributed by atoms with Crippen LogP contribution in [-0.4, -0.2) is 38.5 Å². The molecule has 0 amide bonds. The number of ether oxygens (including phenoxy) is 1. The number of hydrogen-bond donors (Lipinski definition) is 2. The summed E-state index contributed by atoms with van der Waals surface area (Å²) in [4.78, 5) is 4.25. The lowest BCUT2D eigenvalue weighted by atomic mass is 10.0. The van der Waals surface area contributed by atoms with Crippen LogP contribution in [0.4, 0.5) is 5.82 Å². The smallest absolute Gasteiger partial charge is 0.158 e. The highest BCUT2D eigenvalue weighted by molar-refractivity contribution is 6.00. The van der Waals surface area contributed by atoms with Gasteiger partial charge in [0, 0.05) is 28.7 Å². The number of phenolic OH excluding ortho intramolecular Hbond substituents is 1. The summed E-state index contributed by atoms with van der Waals surface area (Å²) in [6.45, 7) is 6.75. The molecule has 0 spiro atoms. The van der Waals surface area contributed by atoms with Crippen LogP contribution in [0.15, 0.2) is 36.7 Å². The lowest BCUT2D eigenvalue weighted by molar-refractivity contribution is 0.0363. The lowest BCUT2D eigenvalue weighted by Crippen LogP contribution is -2.23. The molecule has 134 valence electrons. The number of hydrogen-bond acceptors (Lipinski definition) is 6. The SMILES string of the molecule is Cc1ccc(-c2nnc(NC3COC(C)(C)C3)c3cnccc23)c(O)c1. The molecule has 3 aromatic rings. The van der Waals surface area contributed by atoms with E-state index in [4.69, 9.17) is 4.74 Å². The largest absolute Gasteiger partial charge is 0.507 e. The maximum absolute atomic E-state index is 10.3. The molecule has 6 nitrogen and oxygen atoms in total. The minimum absolute atomic E-state index is 0.132. The Morgan fingerprint density at radius 1 is 1.19 bits per heavy atom. The Bertz CT molecular complexity index is 971. The topological polar surface area (TPSA) is 80.2 Å². The quantitative estimate of drug-likeness (QED) is 0.750. The standard InChI is InChI=1S/C20H22N4O2/c1-12-4-5-15(17(25)8-12)18-14-6-7-21-10-16(14)19(24-23-18)22-13-9-20(2,3)26-11-13/h4-8,10,13,25H,9,11H2,1-3H3,(H,22,24). The fraction of sp³-hybridized carbons (Fsp3) is 0.350. The van der Waals surface area contributed by atoms with Gasteiger partial charge in [0.2, 0.25) is 0 Å². The molecule has 1 atom stereocenters. The third kappa shape index (κ3) is 3.08. The number of nitrogens with one attached hydrogen (secondary N) is 1. The number of anilines is 1. The second-order valence-corrected chi connectivity index (χ2v) is 7.46. The zero-order valence-corrected chi connectivity index (χ0v) is 15.2. The number of aromatic hydroxyl groups is 1. The van der Waals surface area contributed by atoms with E-state index in [-0.39, 0.29) is 17.4 Å². The maximum Gasteiger partial charge on any atom is 0.158 e. The van der Waals surface area contributed by atoms with Gasteiger partial charge in [-0.1, -0.05) is 6.07 Å². The van der Waals surface area contributed by atoms with Crippen LogP contribution in [0.3, 0.4) is 0 Å². The molecule has 1 unspecified atom stereocenters. The summed E-state index contributed by atoms with van der Waals surface area (Å²) < 4.78 is 5.80. The molecule has 0 saturated carbocycles. The predicted molar refractivity (Wildman–Crippen MR) is 101 cm³/mol. The minimum Gasteiger partial charge on any atom is -0.507 e. The van der Waals surface area contributed by atoms with Gasteiger partial charge < -0.3 is 15.2 Å². The Balaban J connectivity index is 1.76. The fourth-order valence-corrected chi connectivity index (χ4v) is 3.47. The lowest BCUT2D eigenvalue weighted by Gasteiger charge is -2.17. The van der Waals surface area contributed by atoms with Crippen molar-refractivity contribution < 1.29 is 9.84 Å². The van der Waals surface area contributed by atoms with Crippen molar-refractivity contribution in [2.24, 2.45) is 0 Å². The van der Waals surface area contributed by atoms with Gasteiger partial charge in [0.15, 0.2) is 5.82 Å². The first kappa shape index (κ1) is 16.7. The van der Waals surface area contributed by atoms with Gasteiger partial charge in [-0.3, -0.25) is 4.98 Å². The maximum atomic E-state index is 10.3. The van der Waals surface area contributed by atoms with Gasteiger partial charge in [0.25, 0.3) is 0 Å². The number of pyridine rings is 1. The third-order valence-corrected chi connectivity index (χ3v) is 4.74. The highest BCUT2D eigenvalue weighted by Gasteiger charge is 2.32. The van der Waals surface area contributed by atoms with E-state index in [0.29, 0.717) is 23.7 Å². The summed E-state index contributed by atoms with van der Waals surface area (Å²) in [7, 11) is 0. The summed E-state index contributed by atoms with van der Waals surface area (Å²) in [5.74, 6) is 0.888. The van der Waals surface area contributed by atoms with Crippen LogP contribution in [0.5, 0.6) is 5.75 Å². The molecule has 3 heterocycles. The van der Waals surface area contributed by atoms with Crippen molar-refractivity contribution in [2.75, 3.05) is 11.9 Å². The van der Waals surface area contributed by atoms with Crippen LogP contribution in [0.2, 0.25) is 0 Å². The van der Waals surface area contributed by atoms with E-state index in [2.05, 4.69) is 34.3 Å². The van der Waals surface area contributed by atoms with Crippen molar-refractivity contribution in [3.63, 3.8) is 0 Å². The first-order valence-corrected chi connectivity index (χ1v) is 8.74. The Morgan fingerprint density at radius 3 is 2.77 bits per heavy atom. The van der Waals surface area contributed by atoms with Gasteiger partial charge in [-0.2, -0.15) is 0 Å². The molecule has 1 aliphatic rings. The summed E-state index contributed by atoms with van der Waals surface area (Å²) in [5, 5.41) is 24.4. The Labute approximate surface area is 152 Å². The second kappa shape index (κ2) is 6.21. The normalized spacial score (nSPS) is 19.0. The Kier molecular flexibility index (Phi) is 4.00. The molecular formula is C20H22N4O2. The van der Waals surface area contributed by atoms with Crippen LogP contribution < -0.4 is 5.32 Å². The van der Waals surface area contributed by atoms with E-state index < -0.39 is 0 Å². The van der Waals surface area contributed by atoms with E-state index in [0.717, 1.165) is 22.8 Å². The monoisotopic (exact) mass is 350 g/mol. The Hall–Kier alpha value is -2.73. The number of aryl methyl sites for hydroxylation is 1. The molecule has 2 N–H and O–H groups in total. The molecule has 1 aromatic carbocycles. The molecule has 0 bridgehead atoms. The molecule has 4 rings (SSSR count). The van der Waals surface area contributed by atoms with Crippen molar-refractivity contribution >= 4 is 16.6 Å². The van der Waals surface area contributed by atoms with Crippen LogP contribution in [0.1, 0.15) is 25.8 Å². The van der Waals surface area contributed by atoms with E-state index >= 15 is 0 Å². The molecule has 1 saturated heterocycles. The van der Waals surface area contributed by atoms with Gasteiger partial charge in [-0.15, -0.1) is 10.2 Å². The minimum atomic E-state index is -0.132. The zero-order valence-electron chi connectivity index (χ0n) is 15.2. The van der Waals surface area contributed by atoms with Gasteiger partial charge in [0.1, 0.15) is 11.4 Å². The first-order chi connectivity index (χ1) is 12.4. The van der Waals surface area contributed by atoms with Crippen molar-refractivity contribution in [2.45, 2.75) is 38.8 Å². The van der Waals surface area contributed by atoms with Crippen molar-refractivity contribution in [3.8, 4) is 17.0 Å². The van der Waals surface area contributed by atoms with Crippen LogP contribution in [0.25, 0.3) is 22.0 Å². The van der Waals surface area contributed by atoms with E-state index in [9.17, 15) is 5.11 Å². The summed E-state index contributed by atoms with van der Waals surface area (Å²) in [6, 6.07) is 7.64. The first-order valence-electron chi connectivity index (χ1n) is 8.74. The van der Waals surface area contributed by atoms with E-state index in [1.165, 1.54) is 0 Å². The second-order valence-electron chi connectivity index (χ2n) is 7.46. The zero-order chi connectivity index (χ0) is 18.3. The Morgan fingerprint density at radius 2 is 2.04 bits per heavy atom. The van der Waals surface area contributed by atoms with Crippen LogP contribution in [0, 0.1) is 6.92 Å². The van der Waals surface area contributed by atoms with Gasteiger partial charge >= 0.3 is 0 Å². The highest BCUT2D eigenvalue weighted by Crippen LogP contribution is 2.35. The molecule has 1 fully saturated rings. The predicted octanol–water partition coefficient (Wildman–Crippen LogP) is 3.69. The number of phenols is 1. The van der Waals surface area contributed by atoms with Crippen molar-refractivity contribution in [1.29, 1.82) is 0 Å². The number of nitrogens with zero attached hydrogens (tertiary/aromatic N) is 3. The average molecular weight is 350 g/mol. The van der Waals surface area contributed by atoms with Gasteiger partial charge in [-0.25, -0.2) is 0 Å².